The monoisotopic (exact) mass is 471 g/mol. The van der Waals surface area contributed by atoms with Crippen LogP contribution in [-0.2, 0) is 9.53 Å². The van der Waals surface area contributed by atoms with Crippen LogP contribution in [0.1, 0.15) is 71.6 Å². The lowest BCUT2D eigenvalue weighted by Crippen LogP contribution is -2.54. The zero-order valence-corrected chi connectivity index (χ0v) is 20.4. The molecule has 3 rings (SSSR count). The maximum atomic E-state index is 13.4. The normalized spacial score (nSPS) is 27.2. The van der Waals surface area contributed by atoms with E-state index in [4.69, 9.17) is 9.84 Å². The van der Waals surface area contributed by atoms with E-state index in [1.54, 1.807) is 0 Å². The highest BCUT2D eigenvalue weighted by molar-refractivity contribution is 8.25. The van der Waals surface area contributed by atoms with E-state index in [9.17, 15) is 9.59 Å². The van der Waals surface area contributed by atoms with Gasteiger partial charge in [-0.2, -0.15) is 0 Å². The molecule has 0 aromatic rings. The Kier molecular flexibility index (Phi) is 9.84. The van der Waals surface area contributed by atoms with Crippen molar-refractivity contribution in [3.8, 4) is 0 Å². The fourth-order valence-corrected chi connectivity index (χ4v) is 6.59. The van der Waals surface area contributed by atoms with E-state index < -0.39 is 5.97 Å². The van der Waals surface area contributed by atoms with E-state index in [1.807, 2.05) is 0 Å². The molecule has 1 aliphatic heterocycles. The number of aliphatic carboxylic acids is 1. The van der Waals surface area contributed by atoms with Crippen LogP contribution >= 0.6 is 23.5 Å². The summed E-state index contributed by atoms with van der Waals surface area (Å²) in [6, 6.07) is 0.524. The molecule has 2 amide bonds. The van der Waals surface area contributed by atoms with Crippen molar-refractivity contribution in [1.82, 2.24) is 10.2 Å². The van der Waals surface area contributed by atoms with Crippen LogP contribution in [0.2, 0.25) is 0 Å². The van der Waals surface area contributed by atoms with Gasteiger partial charge < -0.3 is 14.7 Å². The van der Waals surface area contributed by atoms with Crippen molar-refractivity contribution in [1.29, 1.82) is 0 Å². The third-order valence-corrected chi connectivity index (χ3v) is 8.64. The second-order valence-corrected chi connectivity index (χ2v) is 11.9. The van der Waals surface area contributed by atoms with Crippen molar-refractivity contribution < 1.29 is 19.4 Å². The van der Waals surface area contributed by atoms with Crippen molar-refractivity contribution in [3.05, 3.63) is 0 Å². The molecular weight excluding hydrogens is 434 g/mol. The Labute approximate surface area is 194 Å². The number of amidine groups is 1. The summed E-state index contributed by atoms with van der Waals surface area (Å²) >= 11 is 2.84. The second kappa shape index (κ2) is 12.3. The molecule has 0 spiro atoms. The van der Waals surface area contributed by atoms with Gasteiger partial charge in [-0.3, -0.25) is 15.1 Å². The molecule has 0 aromatic heterocycles. The van der Waals surface area contributed by atoms with Gasteiger partial charge in [0.1, 0.15) is 0 Å². The number of carbonyl (C=O) groups excluding carboxylic acids is 1. The zero-order chi connectivity index (χ0) is 22.2. The molecule has 1 unspecified atom stereocenters. The minimum absolute atomic E-state index is 0.0337. The van der Waals surface area contributed by atoms with Crippen LogP contribution in [0.25, 0.3) is 0 Å². The van der Waals surface area contributed by atoms with Gasteiger partial charge in [0.2, 0.25) is 0 Å². The number of nitrogens with one attached hydrogen (secondary N) is 1. The van der Waals surface area contributed by atoms with Crippen LogP contribution in [0.15, 0.2) is 4.99 Å². The van der Waals surface area contributed by atoms with Gasteiger partial charge in [-0.1, -0.05) is 44.9 Å². The Morgan fingerprint density at radius 2 is 1.84 bits per heavy atom. The number of urea groups is 1. The molecule has 2 aliphatic carbocycles. The SMILES string of the molecule is CC(C)COC1CCC(N(C(=O)NC2=NCC(SCC(=O)O)S2)C2CCCCC2)CC1. The summed E-state index contributed by atoms with van der Waals surface area (Å²) < 4.78 is 6.11. The summed E-state index contributed by atoms with van der Waals surface area (Å²) in [4.78, 5) is 30.7. The fraction of sp³-hybridized carbons (Fsp3) is 0.864. The highest BCUT2D eigenvalue weighted by Crippen LogP contribution is 2.33. The maximum absolute atomic E-state index is 13.4. The van der Waals surface area contributed by atoms with Crippen LogP contribution in [0.4, 0.5) is 4.79 Å². The van der Waals surface area contributed by atoms with Crippen LogP contribution in [0.5, 0.6) is 0 Å². The molecule has 2 N–H and O–H groups in total. The van der Waals surface area contributed by atoms with Gasteiger partial charge in [0, 0.05) is 18.7 Å². The largest absolute Gasteiger partial charge is 0.481 e. The van der Waals surface area contributed by atoms with Gasteiger partial charge >= 0.3 is 12.0 Å². The maximum Gasteiger partial charge on any atom is 0.323 e. The first-order valence-corrected chi connectivity index (χ1v) is 13.6. The molecule has 0 saturated heterocycles. The van der Waals surface area contributed by atoms with E-state index in [0.29, 0.717) is 29.8 Å². The van der Waals surface area contributed by atoms with Crippen LogP contribution < -0.4 is 5.32 Å². The van der Waals surface area contributed by atoms with E-state index >= 15 is 0 Å². The summed E-state index contributed by atoms with van der Waals surface area (Å²) in [5.74, 6) is -0.214. The number of amides is 2. The smallest absolute Gasteiger partial charge is 0.323 e. The minimum atomic E-state index is -0.820. The number of hydrogen-bond donors (Lipinski definition) is 2. The summed E-state index contributed by atoms with van der Waals surface area (Å²) in [5, 5.41) is 12.6. The number of carboxylic acids is 1. The number of aliphatic imine (C=N–C) groups is 1. The van der Waals surface area contributed by atoms with Gasteiger partial charge in [0.05, 0.1) is 23.0 Å². The Bertz CT molecular complexity index is 632. The summed E-state index contributed by atoms with van der Waals surface area (Å²) in [7, 11) is 0. The molecular formula is C22H37N3O4S2. The molecule has 176 valence electrons. The van der Waals surface area contributed by atoms with Gasteiger partial charge in [-0.25, -0.2) is 4.79 Å². The number of rotatable bonds is 8. The third-order valence-electron chi connectivity index (χ3n) is 6.14. The van der Waals surface area contributed by atoms with Crippen molar-refractivity contribution in [2.24, 2.45) is 10.9 Å². The van der Waals surface area contributed by atoms with Crippen molar-refractivity contribution >= 4 is 40.7 Å². The average molecular weight is 472 g/mol. The molecule has 0 bridgehead atoms. The first-order valence-electron chi connectivity index (χ1n) is 11.7. The molecule has 1 atom stereocenters. The number of hydrogen-bond acceptors (Lipinski definition) is 6. The standard InChI is InChI=1S/C22H37N3O4S2/c1-15(2)13-29-18-10-8-17(9-11-18)25(16-6-4-3-5-7-16)22(28)24-21-23-12-20(31-21)30-14-19(26)27/h15-18,20H,3-14H2,1-2H3,(H,26,27)(H,23,24,28). The molecule has 0 radical (unpaired) electrons. The molecule has 2 saturated carbocycles. The Morgan fingerprint density at radius 3 is 2.48 bits per heavy atom. The molecule has 31 heavy (non-hydrogen) atoms. The fourth-order valence-electron chi connectivity index (χ4n) is 4.64. The van der Waals surface area contributed by atoms with Gasteiger partial charge in [0.15, 0.2) is 5.17 Å². The highest BCUT2D eigenvalue weighted by Gasteiger charge is 2.35. The molecule has 0 aromatic carbocycles. The predicted octanol–water partition coefficient (Wildman–Crippen LogP) is 4.56. The second-order valence-electron chi connectivity index (χ2n) is 9.18. The zero-order valence-electron chi connectivity index (χ0n) is 18.8. The van der Waals surface area contributed by atoms with Crippen LogP contribution in [0, 0.1) is 5.92 Å². The quantitative estimate of drug-likeness (QED) is 0.539. The number of nitrogens with zero attached hydrogens (tertiary/aromatic N) is 2. The molecule has 1 heterocycles. The minimum Gasteiger partial charge on any atom is -0.481 e. The van der Waals surface area contributed by atoms with Gasteiger partial charge in [-0.15, -0.1) is 11.8 Å². The van der Waals surface area contributed by atoms with E-state index in [0.717, 1.165) is 45.1 Å². The molecule has 9 heteroatoms. The van der Waals surface area contributed by atoms with Gasteiger partial charge in [0.25, 0.3) is 0 Å². The number of ether oxygens (including phenoxy) is 1. The van der Waals surface area contributed by atoms with Crippen LogP contribution in [0.3, 0.4) is 0 Å². The van der Waals surface area contributed by atoms with Crippen molar-refractivity contribution in [2.75, 3.05) is 18.9 Å². The number of thioether (sulfide) groups is 2. The summed E-state index contributed by atoms with van der Waals surface area (Å²) in [6.45, 7) is 5.70. The van der Waals surface area contributed by atoms with Crippen molar-refractivity contribution in [2.45, 2.75) is 94.4 Å². The molecule has 2 fully saturated rings. The Balaban J connectivity index is 1.55. The predicted molar refractivity (Wildman–Crippen MR) is 128 cm³/mol. The number of carboxylic acid groups (broad SMARTS) is 1. The summed E-state index contributed by atoms with van der Waals surface area (Å²) in [6.07, 6.45) is 10.1. The lowest BCUT2D eigenvalue weighted by Gasteiger charge is -2.42. The molecule has 7 nitrogen and oxygen atoms in total. The molecule has 3 aliphatic rings. The summed E-state index contributed by atoms with van der Waals surface area (Å²) in [5.41, 5.74) is 0. The Morgan fingerprint density at radius 1 is 1.16 bits per heavy atom. The highest BCUT2D eigenvalue weighted by atomic mass is 32.2. The van der Waals surface area contributed by atoms with E-state index in [-0.39, 0.29) is 22.4 Å². The first-order chi connectivity index (χ1) is 14.9. The van der Waals surface area contributed by atoms with Gasteiger partial charge in [-0.05, 0) is 44.4 Å². The number of carbonyl (C=O) groups is 2. The Hall–Kier alpha value is -0.930. The van der Waals surface area contributed by atoms with E-state index in [2.05, 4.69) is 29.1 Å². The van der Waals surface area contributed by atoms with E-state index in [1.165, 1.54) is 42.8 Å². The lowest BCUT2D eigenvalue weighted by atomic mass is 9.87. The van der Waals surface area contributed by atoms with Crippen molar-refractivity contribution in [3.63, 3.8) is 0 Å². The lowest BCUT2D eigenvalue weighted by molar-refractivity contribution is -0.133. The third kappa shape index (κ3) is 7.86. The topological polar surface area (TPSA) is 91.2 Å². The van der Waals surface area contributed by atoms with Crippen LogP contribution in [-0.4, -0.2) is 68.8 Å². The first kappa shape index (κ1) is 24.7. The average Bonchev–Trinajstić information content (AvgIpc) is 3.20.